The topological polar surface area (TPSA) is 78.6 Å². The van der Waals surface area contributed by atoms with E-state index in [1.165, 1.54) is 12.1 Å². The molecule has 0 bridgehead atoms. The van der Waals surface area contributed by atoms with Crippen LogP contribution in [0.1, 0.15) is 13.8 Å². The summed E-state index contributed by atoms with van der Waals surface area (Å²) in [5.41, 5.74) is 0.715. The highest BCUT2D eigenvalue weighted by Crippen LogP contribution is 2.16. The molecule has 0 aliphatic carbocycles. The van der Waals surface area contributed by atoms with Crippen LogP contribution in [-0.4, -0.2) is 39.2 Å². The van der Waals surface area contributed by atoms with Crippen molar-refractivity contribution in [2.24, 2.45) is 0 Å². The summed E-state index contributed by atoms with van der Waals surface area (Å²) < 4.78 is 0. The molecule has 104 valence electrons. The minimum absolute atomic E-state index is 0.0141. The van der Waals surface area contributed by atoms with Gasteiger partial charge in [-0.1, -0.05) is 0 Å². The maximum absolute atomic E-state index is 10.5. The van der Waals surface area contributed by atoms with E-state index in [0.717, 1.165) is 0 Å². The maximum atomic E-state index is 10.5. The van der Waals surface area contributed by atoms with Crippen molar-refractivity contribution in [2.75, 3.05) is 18.5 Å². The summed E-state index contributed by atoms with van der Waals surface area (Å²) in [7, 11) is 0. The molecule has 0 atom stereocenters. The van der Waals surface area contributed by atoms with Crippen LogP contribution >= 0.6 is 12.2 Å². The SMILES string of the molecule is CC(C)N(CCO)C(=S)Nc1ccc([N+](=O)[O-])cc1. The van der Waals surface area contributed by atoms with Crippen molar-refractivity contribution >= 4 is 28.7 Å². The van der Waals surface area contributed by atoms with E-state index in [0.29, 0.717) is 17.3 Å². The van der Waals surface area contributed by atoms with Crippen LogP contribution in [0, 0.1) is 10.1 Å². The molecule has 0 radical (unpaired) electrons. The van der Waals surface area contributed by atoms with Crippen LogP contribution in [0.2, 0.25) is 0 Å². The summed E-state index contributed by atoms with van der Waals surface area (Å²) in [5.74, 6) is 0. The lowest BCUT2D eigenvalue weighted by Gasteiger charge is -2.28. The van der Waals surface area contributed by atoms with Gasteiger partial charge in [0.2, 0.25) is 0 Å². The number of nitrogens with one attached hydrogen (secondary N) is 1. The minimum Gasteiger partial charge on any atom is -0.395 e. The number of nitro groups is 1. The van der Waals surface area contributed by atoms with Crippen molar-refractivity contribution in [2.45, 2.75) is 19.9 Å². The Labute approximate surface area is 117 Å². The smallest absolute Gasteiger partial charge is 0.269 e. The number of benzene rings is 1. The first-order valence-electron chi connectivity index (χ1n) is 5.88. The molecule has 0 heterocycles. The Balaban J connectivity index is 2.72. The average Bonchev–Trinajstić information content (AvgIpc) is 2.36. The summed E-state index contributed by atoms with van der Waals surface area (Å²) in [6.45, 7) is 4.40. The second-order valence-corrected chi connectivity index (χ2v) is 4.63. The van der Waals surface area contributed by atoms with Crippen molar-refractivity contribution < 1.29 is 10.0 Å². The molecule has 0 saturated carbocycles. The van der Waals surface area contributed by atoms with Crippen LogP contribution in [0.25, 0.3) is 0 Å². The van der Waals surface area contributed by atoms with Gasteiger partial charge >= 0.3 is 0 Å². The molecule has 0 aromatic heterocycles. The highest BCUT2D eigenvalue weighted by Gasteiger charge is 2.13. The van der Waals surface area contributed by atoms with Gasteiger partial charge in [0.05, 0.1) is 11.5 Å². The zero-order valence-corrected chi connectivity index (χ0v) is 11.7. The predicted octanol–water partition coefficient (Wildman–Crippen LogP) is 1.99. The molecule has 1 rings (SSSR count). The van der Waals surface area contributed by atoms with Crippen LogP contribution in [0.5, 0.6) is 0 Å². The Hall–Kier alpha value is -1.73. The fourth-order valence-electron chi connectivity index (χ4n) is 1.56. The summed E-state index contributed by atoms with van der Waals surface area (Å²) in [6, 6.07) is 6.18. The third-order valence-electron chi connectivity index (χ3n) is 2.55. The van der Waals surface area contributed by atoms with Gasteiger partial charge < -0.3 is 15.3 Å². The first-order chi connectivity index (χ1) is 8.95. The molecule has 0 amide bonds. The monoisotopic (exact) mass is 283 g/mol. The van der Waals surface area contributed by atoms with Crippen molar-refractivity contribution in [1.29, 1.82) is 0 Å². The molecule has 7 heteroatoms. The first-order valence-corrected chi connectivity index (χ1v) is 6.29. The molecular formula is C12H17N3O3S. The average molecular weight is 283 g/mol. The first kappa shape index (κ1) is 15.3. The number of aliphatic hydroxyl groups is 1. The minimum atomic E-state index is -0.450. The van der Waals surface area contributed by atoms with E-state index in [-0.39, 0.29) is 18.3 Å². The van der Waals surface area contributed by atoms with Gasteiger partial charge in [-0.25, -0.2) is 0 Å². The van der Waals surface area contributed by atoms with Crippen LogP contribution in [0.3, 0.4) is 0 Å². The Bertz CT molecular complexity index is 448. The summed E-state index contributed by atoms with van der Waals surface area (Å²) >= 11 is 5.25. The van der Waals surface area contributed by atoms with Gasteiger partial charge in [-0.05, 0) is 38.2 Å². The maximum Gasteiger partial charge on any atom is 0.269 e. The number of non-ortho nitro benzene ring substituents is 1. The van der Waals surface area contributed by atoms with Gasteiger partial charge in [0.1, 0.15) is 0 Å². The lowest BCUT2D eigenvalue weighted by Crippen LogP contribution is -2.41. The Morgan fingerprint density at radius 1 is 1.47 bits per heavy atom. The number of nitro benzene ring substituents is 1. The molecule has 0 spiro atoms. The third kappa shape index (κ3) is 4.46. The van der Waals surface area contributed by atoms with Gasteiger partial charge in [-0.3, -0.25) is 10.1 Å². The van der Waals surface area contributed by atoms with Crippen molar-refractivity contribution in [1.82, 2.24) is 4.90 Å². The number of hydrogen-bond donors (Lipinski definition) is 2. The summed E-state index contributed by atoms with van der Waals surface area (Å²) in [5, 5.41) is 23.0. The van der Waals surface area contributed by atoms with Crippen molar-refractivity contribution in [3.63, 3.8) is 0 Å². The van der Waals surface area contributed by atoms with E-state index in [1.54, 1.807) is 12.1 Å². The van der Waals surface area contributed by atoms with Crippen molar-refractivity contribution in [3.05, 3.63) is 34.4 Å². The molecule has 0 aliphatic rings. The molecule has 2 N–H and O–H groups in total. The Kier molecular flexibility index (Phi) is 5.65. The van der Waals surface area contributed by atoms with Crippen molar-refractivity contribution in [3.8, 4) is 0 Å². The number of aliphatic hydroxyl groups excluding tert-OH is 1. The van der Waals surface area contributed by atoms with Crippen LogP contribution in [-0.2, 0) is 0 Å². The lowest BCUT2D eigenvalue weighted by atomic mass is 10.3. The van der Waals surface area contributed by atoms with Crippen LogP contribution in [0.15, 0.2) is 24.3 Å². The Morgan fingerprint density at radius 3 is 2.47 bits per heavy atom. The molecule has 19 heavy (non-hydrogen) atoms. The van der Waals surface area contributed by atoms with E-state index in [1.807, 2.05) is 18.7 Å². The normalized spacial score (nSPS) is 10.3. The zero-order chi connectivity index (χ0) is 14.4. The second-order valence-electron chi connectivity index (χ2n) is 4.24. The predicted molar refractivity (Wildman–Crippen MR) is 78.2 cm³/mol. The standard InChI is InChI=1S/C12H17N3O3S/c1-9(2)14(7-8-16)12(19)13-10-3-5-11(6-4-10)15(17)18/h3-6,9,16H,7-8H2,1-2H3,(H,13,19). The molecule has 1 aromatic carbocycles. The van der Waals surface area contributed by atoms with E-state index in [4.69, 9.17) is 17.3 Å². The molecular weight excluding hydrogens is 266 g/mol. The number of nitrogens with zero attached hydrogens (tertiary/aromatic N) is 2. The highest BCUT2D eigenvalue weighted by atomic mass is 32.1. The Morgan fingerprint density at radius 2 is 2.05 bits per heavy atom. The van der Waals surface area contributed by atoms with Gasteiger partial charge in [-0.15, -0.1) is 0 Å². The molecule has 0 saturated heterocycles. The highest BCUT2D eigenvalue weighted by molar-refractivity contribution is 7.80. The van der Waals surface area contributed by atoms with Gasteiger partial charge in [0.25, 0.3) is 5.69 Å². The van der Waals surface area contributed by atoms with Gasteiger partial charge in [0, 0.05) is 30.4 Å². The third-order valence-corrected chi connectivity index (χ3v) is 2.89. The van der Waals surface area contributed by atoms with E-state index in [9.17, 15) is 10.1 Å². The molecule has 0 unspecified atom stereocenters. The van der Waals surface area contributed by atoms with E-state index >= 15 is 0 Å². The molecule has 6 nitrogen and oxygen atoms in total. The molecule has 1 aromatic rings. The van der Waals surface area contributed by atoms with E-state index < -0.39 is 4.92 Å². The summed E-state index contributed by atoms with van der Waals surface area (Å²) in [6.07, 6.45) is 0. The number of hydrogen-bond acceptors (Lipinski definition) is 4. The zero-order valence-electron chi connectivity index (χ0n) is 10.9. The van der Waals surface area contributed by atoms with Gasteiger partial charge in [-0.2, -0.15) is 0 Å². The quantitative estimate of drug-likeness (QED) is 0.489. The second kappa shape index (κ2) is 7.01. The van der Waals surface area contributed by atoms with Gasteiger partial charge in [0.15, 0.2) is 5.11 Å². The summed E-state index contributed by atoms with van der Waals surface area (Å²) in [4.78, 5) is 11.9. The molecule has 0 aliphatic heterocycles. The van der Waals surface area contributed by atoms with Crippen LogP contribution < -0.4 is 5.32 Å². The fourth-order valence-corrected chi connectivity index (χ4v) is 1.98. The van der Waals surface area contributed by atoms with Crippen LogP contribution in [0.4, 0.5) is 11.4 Å². The van der Waals surface area contributed by atoms with E-state index in [2.05, 4.69) is 5.32 Å². The largest absolute Gasteiger partial charge is 0.395 e. The number of rotatable bonds is 5. The fraction of sp³-hybridized carbons (Fsp3) is 0.417. The number of anilines is 1. The lowest BCUT2D eigenvalue weighted by molar-refractivity contribution is -0.384. The number of thiocarbonyl (C=S) groups is 1. The molecule has 0 fully saturated rings.